The first-order chi connectivity index (χ1) is 56.4. The lowest BCUT2D eigenvalue weighted by molar-refractivity contribution is 0.452. The molecule has 586 valence electrons. The summed E-state index contributed by atoms with van der Waals surface area (Å²) in [5.41, 5.74) is 19.8. The van der Waals surface area contributed by atoms with Crippen molar-refractivity contribution in [2.75, 3.05) is 73.6 Å². The number of imidazole rings is 5. The highest BCUT2D eigenvalue weighted by Crippen LogP contribution is 2.37. The lowest BCUT2D eigenvalue weighted by Gasteiger charge is -2.23. The van der Waals surface area contributed by atoms with E-state index < -0.39 is 0 Å². The summed E-state index contributed by atoms with van der Waals surface area (Å²) < 4.78 is 31.0. The van der Waals surface area contributed by atoms with Gasteiger partial charge in [-0.1, -0.05) is 0 Å². The van der Waals surface area contributed by atoms with E-state index in [1.54, 1.807) is 28.1 Å². The first kappa shape index (κ1) is 74.1. The maximum Gasteiger partial charge on any atom is 0.180 e. The van der Waals surface area contributed by atoms with Crippen molar-refractivity contribution in [3.63, 3.8) is 0 Å². The molecule has 1 aromatic carbocycles. The number of piperidine rings is 3. The average Bonchev–Trinajstić information content (AvgIpc) is 1.66. The molecule has 4 saturated heterocycles. The average molecular weight is 1590 g/mol. The number of aryl methyl sites for hydroxylation is 6. The van der Waals surface area contributed by atoms with Crippen molar-refractivity contribution >= 4 is 101 Å². The van der Waals surface area contributed by atoms with E-state index in [2.05, 4.69) is 163 Å². The molecule has 2 atom stereocenters. The lowest BCUT2D eigenvalue weighted by atomic mass is 9.95. The standard InChI is InChI=1S/C24H25N9.2C19H22N8S.C17H18N8S/c1-31-14-18(12-28-31)22-13-27-24-23(30-21(15-33(22)24)17-6-8-25-9-7-17)29-19-2-4-20(5-3-19)32-11-10-26-16-32;1-12-7-17(28-25-12)24-18-19-21-9-16(14-8-22-26(2)10-14)27(19)11-15(23-18)13-3-5-20-6-4-13;1-12-6-17(28-25-12)24-18-19-21-9-16(14-8-22-26(2)10-14)27(19)11-15(23-18)13-4-3-5-20-7-13;1-24-10-12(8-21-24)14-9-20-17-16(19-4-5-25(14)17)22-15-6-13(23-26-15)11-2-3-18-7-11/h2-5,10-17,25H,6-9H2,1H3,(H,29,30);7-11,13,20H,3-6H2,1-2H3,(H,23,24);6,8-11,13,20H,3-5,7H2,1-2H3,(H,23,24);4-6,8-11,18H,2-3,7H2,1H3,(H,19,22). The zero-order valence-electron chi connectivity index (χ0n) is 64.4. The number of rotatable bonds is 17. The first-order valence-electron chi connectivity index (χ1n) is 38.6. The van der Waals surface area contributed by atoms with Crippen LogP contribution in [0.1, 0.15) is 103 Å². The van der Waals surface area contributed by atoms with Crippen LogP contribution < -0.4 is 42.5 Å². The predicted molar refractivity (Wildman–Crippen MR) is 448 cm³/mol. The van der Waals surface area contributed by atoms with E-state index in [1.807, 2.05) is 159 Å². The van der Waals surface area contributed by atoms with E-state index in [-0.39, 0.29) is 0 Å². The van der Waals surface area contributed by atoms with Crippen LogP contribution in [0.15, 0.2) is 167 Å². The zero-order chi connectivity index (χ0) is 77.9. The van der Waals surface area contributed by atoms with Gasteiger partial charge in [-0.15, -0.1) is 0 Å². The van der Waals surface area contributed by atoms with E-state index in [0.29, 0.717) is 23.7 Å². The van der Waals surface area contributed by atoms with Gasteiger partial charge in [0, 0.05) is 167 Å². The first-order valence-corrected chi connectivity index (χ1v) is 40.9. The van der Waals surface area contributed by atoms with Crippen LogP contribution in [0.2, 0.25) is 0 Å². The minimum Gasteiger partial charge on any atom is -0.337 e. The summed E-state index contributed by atoms with van der Waals surface area (Å²) in [4.78, 5) is 42.2. The van der Waals surface area contributed by atoms with Crippen LogP contribution in [0.25, 0.3) is 73.3 Å². The molecule has 0 amide bonds. The molecule has 16 aromatic heterocycles. The van der Waals surface area contributed by atoms with Gasteiger partial charge in [-0.25, -0.2) is 44.9 Å². The van der Waals surface area contributed by atoms with Crippen LogP contribution in [-0.2, 0) is 28.2 Å². The van der Waals surface area contributed by atoms with Gasteiger partial charge in [-0.3, -0.25) is 36.3 Å². The molecule has 2 unspecified atom stereocenters. The van der Waals surface area contributed by atoms with Crippen LogP contribution in [0, 0.1) is 13.8 Å². The van der Waals surface area contributed by atoms with Gasteiger partial charge in [0.15, 0.2) is 45.9 Å². The fourth-order valence-corrected chi connectivity index (χ4v) is 17.2. The molecule has 17 aromatic rings. The summed E-state index contributed by atoms with van der Waals surface area (Å²) in [6.45, 7) is 12.2. The van der Waals surface area contributed by atoms with E-state index in [9.17, 15) is 0 Å². The third-order valence-electron chi connectivity index (χ3n) is 21.1. The van der Waals surface area contributed by atoms with E-state index in [0.717, 1.165) is 242 Å². The minimum absolute atomic E-state index is 0.394. The molecule has 115 heavy (non-hydrogen) atoms. The summed E-state index contributed by atoms with van der Waals surface area (Å²) in [6.07, 6.45) is 46.4. The Hall–Kier alpha value is -12.3. The third-order valence-corrected chi connectivity index (χ3v) is 23.4. The Morgan fingerprint density at radius 1 is 0.383 bits per heavy atom. The zero-order valence-corrected chi connectivity index (χ0v) is 66.9. The Morgan fingerprint density at radius 3 is 1.23 bits per heavy atom. The molecule has 0 radical (unpaired) electrons. The molecule has 8 N–H and O–H groups in total. The number of nitrogens with zero attached hydrogens (tertiary/aromatic N) is 25. The van der Waals surface area contributed by atoms with Crippen molar-refractivity contribution < 1.29 is 0 Å². The minimum atomic E-state index is 0.394. The molecule has 0 spiro atoms. The summed E-state index contributed by atoms with van der Waals surface area (Å²) in [5.74, 6) is 4.79. The number of hydrogen-bond acceptors (Lipinski definition) is 27. The van der Waals surface area contributed by atoms with Crippen molar-refractivity contribution in [1.29, 1.82) is 0 Å². The molecule has 33 nitrogen and oxygen atoms in total. The van der Waals surface area contributed by atoms with E-state index in [4.69, 9.17) is 19.9 Å². The van der Waals surface area contributed by atoms with E-state index >= 15 is 0 Å². The largest absolute Gasteiger partial charge is 0.337 e. The van der Waals surface area contributed by atoms with Crippen molar-refractivity contribution in [2.24, 2.45) is 28.2 Å². The fraction of sp³-hybridized carbons (Fsp3) is 0.316. The third kappa shape index (κ3) is 16.3. The molecule has 0 aliphatic carbocycles. The summed E-state index contributed by atoms with van der Waals surface area (Å²) in [5, 5.41) is 47.7. The molecule has 36 heteroatoms. The van der Waals surface area contributed by atoms with Gasteiger partial charge in [0.25, 0.3) is 0 Å². The number of benzene rings is 1. The smallest absolute Gasteiger partial charge is 0.180 e. The van der Waals surface area contributed by atoms with Gasteiger partial charge in [0.2, 0.25) is 0 Å². The second-order valence-corrected chi connectivity index (χ2v) is 31.8. The normalized spacial score (nSPS) is 16.1. The Labute approximate surface area is 673 Å². The summed E-state index contributed by atoms with van der Waals surface area (Å²) in [7, 11) is 7.68. The number of fused-ring (bicyclic) bond motifs is 4. The van der Waals surface area contributed by atoms with E-state index in [1.165, 1.54) is 41.0 Å². The highest BCUT2D eigenvalue weighted by atomic mass is 32.1. The van der Waals surface area contributed by atoms with Crippen LogP contribution in [0.5, 0.6) is 0 Å². The maximum atomic E-state index is 5.05. The number of nitrogens with one attached hydrogen (secondary N) is 8. The van der Waals surface area contributed by atoms with Gasteiger partial charge in [0.1, 0.15) is 15.0 Å². The highest BCUT2D eigenvalue weighted by Gasteiger charge is 2.27. The van der Waals surface area contributed by atoms with Crippen molar-refractivity contribution in [3.05, 3.63) is 201 Å². The van der Waals surface area contributed by atoms with Gasteiger partial charge >= 0.3 is 0 Å². The topological polar surface area (TPSA) is 345 Å². The molecule has 20 heterocycles. The lowest BCUT2D eigenvalue weighted by Crippen LogP contribution is -2.29. The van der Waals surface area contributed by atoms with Crippen molar-refractivity contribution in [2.45, 2.75) is 82.5 Å². The number of aromatic nitrogens is 25. The van der Waals surface area contributed by atoms with Crippen LogP contribution in [-0.4, -0.2) is 172 Å². The summed E-state index contributed by atoms with van der Waals surface area (Å²) >= 11 is 4.34. The molecular formula is C79H87N33S3. The van der Waals surface area contributed by atoms with Crippen LogP contribution >= 0.6 is 34.6 Å². The number of anilines is 8. The second-order valence-electron chi connectivity index (χ2n) is 29.4. The SMILES string of the molecule is Cc1cc(Nc2nc(C3CCCNC3)cn3c(-c4cnn(C)c4)cnc23)sn1.Cc1cc(Nc2nc(C3CCNCC3)cn3c(-c4cnn(C)c4)cnc23)sn1.Cn1cc(-c2cnc3c(Nc4cc(C5CCNC5)ns4)nccn23)cn1.Cn1cc(-c2cnc3c(Nc4ccc(-n5ccnc5)cc4)nc(C4CCNCC4)cn23)cn1. The van der Waals surface area contributed by atoms with Crippen LogP contribution in [0.4, 0.5) is 44.0 Å². The Balaban J connectivity index is 0.000000107. The highest BCUT2D eigenvalue weighted by molar-refractivity contribution is 7.10. The van der Waals surface area contributed by atoms with Gasteiger partial charge in [-0.2, -0.15) is 33.5 Å². The predicted octanol–water partition coefficient (Wildman–Crippen LogP) is 12.1. The Morgan fingerprint density at radius 2 is 0.800 bits per heavy atom. The molecule has 4 aliphatic heterocycles. The van der Waals surface area contributed by atoms with Gasteiger partial charge < -0.3 is 47.1 Å². The monoisotopic (exact) mass is 1590 g/mol. The number of hydrogen-bond donors (Lipinski definition) is 8. The Bertz CT molecular complexity index is 5970. The van der Waals surface area contributed by atoms with Crippen molar-refractivity contribution in [3.8, 4) is 50.7 Å². The second kappa shape index (κ2) is 33.0. The quantitative estimate of drug-likeness (QED) is 0.0420. The molecule has 21 rings (SSSR count). The Kier molecular flexibility index (Phi) is 21.3. The molecule has 4 fully saturated rings. The van der Waals surface area contributed by atoms with Gasteiger partial charge in [0.05, 0.1) is 113 Å². The molecule has 0 saturated carbocycles. The van der Waals surface area contributed by atoms with Crippen molar-refractivity contribution in [1.82, 2.24) is 141 Å². The maximum absolute atomic E-state index is 5.05. The molecule has 0 bridgehead atoms. The van der Waals surface area contributed by atoms with Crippen LogP contribution in [0.3, 0.4) is 0 Å². The molecular weight excluding hydrogens is 1510 g/mol. The summed E-state index contributed by atoms with van der Waals surface area (Å²) in [6, 6.07) is 14.4. The molecule has 4 aliphatic rings. The fourth-order valence-electron chi connectivity index (χ4n) is 15.2. The van der Waals surface area contributed by atoms with Gasteiger partial charge in [-0.05, 0) is 175 Å².